The average Bonchev–Trinajstić information content (AvgIpc) is 3.35. The number of rotatable bonds is 10. The predicted molar refractivity (Wildman–Crippen MR) is 134 cm³/mol. The summed E-state index contributed by atoms with van der Waals surface area (Å²) < 4.78 is 6.48. The van der Waals surface area contributed by atoms with Crippen LogP contribution in [0.15, 0.2) is 0 Å². The molecule has 2 unspecified atom stereocenters. The van der Waals surface area contributed by atoms with Crippen molar-refractivity contribution in [3.63, 3.8) is 0 Å². The van der Waals surface area contributed by atoms with Gasteiger partial charge in [0.15, 0.2) is 0 Å². The van der Waals surface area contributed by atoms with Crippen molar-refractivity contribution in [2.75, 3.05) is 13.2 Å². The molecule has 0 aromatic rings. The Labute approximate surface area is 210 Å². The highest BCUT2D eigenvalue weighted by Crippen LogP contribution is 2.59. The van der Waals surface area contributed by atoms with E-state index in [4.69, 9.17) is 4.74 Å². The molecule has 8 heteroatoms. The first kappa shape index (κ1) is 27.9. The van der Waals surface area contributed by atoms with Crippen LogP contribution in [0.2, 0.25) is 0 Å². The third-order valence-electron chi connectivity index (χ3n) is 7.62. The maximum Gasteiger partial charge on any atom is 0.246 e. The summed E-state index contributed by atoms with van der Waals surface area (Å²) in [6.45, 7) is 16.7. The molecule has 0 saturated carbocycles. The molecule has 0 radical (unpaired) electrons. The Hall–Kier alpha value is -1.67. The predicted octanol–water partition coefficient (Wildman–Crippen LogP) is 2.63. The van der Waals surface area contributed by atoms with E-state index in [2.05, 4.69) is 31.4 Å². The van der Waals surface area contributed by atoms with Crippen LogP contribution in [-0.4, -0.2) is 70.2 Å². The summed E-state index contributed by atoms with van der Waals surface area (Å²) in [5, 5.41) is 16.5. The Morgan fingerprint density at radius 2 is 1.86 bits per heavy atom. The van der Waals surface area contributed by atoms with Crippen LogP contribution >= 0.6 is 0 Å². The summed E-state index contributed by atoms with van der Waals surface area (Å²) in [4.78, 5) is 42.8. The van der Waals surface area contributed by atoms with Gasteiger partial charge in [-0.2, -0.15) is 0 Å². The summed E-state index contributed by atoms with van der Waals surface area (Å²) in [5.74, 6) is -1.76. The van der Waals surface area contributed by atoms with Crippen molar-refractivity contribution in [3.8, 4) is 0 Å². The van der Waals surface area contributed by atoms with E-state index in [1.54, 1.807) is 4.90 Å². The largest absolute Gasteiger partial charge is 0.394 e. The number of amides is 3. The minimum Gasteiger partial charge on any atom is -0.394 e. The molecule has 3 aliphatic rings. The standard InChI is InChI=1S/C27H47N3O5/c1-9-12-28-22(32)19-18-10-11-27(35-18)20(19)24(34)30(17(14-31)13-16(2)3)21(27)23(33)29-26(7,8)15-25(4,5)6/h16-21,31H,9-15H2,1-8H3,(H,28,32)(H,29,33)/t17-,18-,19+,20+,21?,27?/m1/s1. The van der Waals surface area contributed by atoms with E-state index < -0.39 is 35.1 Å². The second-order valence-electron chi connectivity index (χ2n) is 13.2. The molecule has 0 aliphatic carbocycles. The van der Waals surface area contributed by atoms with Gasteiger partial charge in [0.1, 0.15) is 11.6 Å². The van der Waals surface area contributed by atoms with Crippen LogP contribution in [0.1, 0.15) is 87.5 Å². The van der Waals surface area contributed by atoms with Crippen LogP contribution in [0.25, 0.3) is 0 Å². The monoisotopic (exact) mass is 493 g/mol. The van der Waals surface area contributed by atoms with E-state index in [1.165, 1.54) is 0 Å². The van der Waals surface area contributed by atoms with Crippen molar-refractivity contribution in [2.24, 2.45) is 23.2 Å². The van der Waals surface area contributed by atoms with Gasteiger partial charge in [-0.25, -0.2) is 0 Å². The van der Waals surface area contributed by atoms with Gasteiger partial charge in [0.25, 0.3) is 0 Å². The van der Waals surface area contributed by atoms with Crippen LogP contribution < -0.4 is 10.6 Å². The van der Waals surface area contributed by atoms with E-state index in [-0.39, 0.29) is 41.8 Å². The Morgan fingerprint density at radius 3 is 2.40 bits per heavy atom. The number of fused-ring (bicyclic) bond motifs is 1. The summed E-state index contributed by atoms with van der Waals surface area (Å²) in [5.41, 5.74) is -1.54. The van der Waals surface area contributed by atoms with E-state index in [1.807, 2.05) is 34.6 Å². The van der Waals surface area contributed by atoms with Gasteiger partial charge < -0.3 is 25.4 Å². The molecule has 35 heavy (non-hydrogen) atoms. The van der Waals surface area contributed by atoms with Gasteiger partial charge in [-0.15, -0.1) is 0 Å². The Morgan fingerprint density at radius 1 is 1.20 bits per heavy atom. The highest BCUT2D eigenvalue weighted by atomic mass is 16.5. The van der Waals surface area contributed by atoms with Gasteiger partial charge in [-0.3, -0.25) is 14.4 Å². The molecule has 3 saturated heterocycles. The van der Waals surface area contributed by atoms with Gasteiger partial charge in [0.05, 0.1) is 30.6 Å². The fourth-order valence-electron chi connectivity index (χ4n) is 7.04. The minimum atomic E-state index is -1.04. The highest BCUT2D eigenvalue weighted by Gasteiger charge is 2.75. The normalized spacial score (nSPS) is 31.1. The first-order valence-corrected chi connectivity index (χ1v) is 13.4. The number of nitrogens with zero attached hydrogens (tertiary/aromatic N) is 1. The molecule has 8 nitrogen and oxygen atoms in total. The second kappa shape index (κ2) is 10.0. The van der Waals surface area contributed by atoms with E-state index in [0.717, 1.165) is 12.8 Å². The Balaban J connectivity index is 2.01. The second-order valence-corrected chi connectivity index (χ2v) is 13.2. The van der Waals surface area contributed by atoms with E-state index in [0.29, 0.717) is 25.8 Å². The number of aliphatic hydroxyl groups is 1. The van der Waals surface area contributed by atoms with Gasteiger partial charge in [-0.1, -0.05) is 41.5 Å². The van der Waals surface area contributed by atoms with Crippen molar-refractivity contribution in [1.82, 2.24) is 15.5 Å². The SMILES string of the molecule is CCCNC(=O)[C@@H]1[C@H]2C(=O)N([C@@H](CO)CC(C)C)C(C(=O)NC(C)(C)CC(C)(C)C)C23CC[C@H]1O3. The molecular formula is C27H47N3O5. The number of likely N-dealkylation sites (tertiary alicyclic amines) is 1. The maximum absolute atomic E-state index is 14.0. The average molecular weight is 494 g/mol. The van der Waals surface area contributed by atoms with E-state index in [9.17, 15) is 19.5 Å². The lowest BCUT2D eigenvalue weighted by atomic mass is 9.70. The summed E-state index contributed by atoms with van der Waals surface area (Å²) in [7, 11) is 0. The van der Waals surface area contributed by atoms with Crippen LogP contribution in [-0.2, 0) is 19.1 Å². The molecular weight excluding hydrogens is 446 g/mol. The molecule has 0 aromatic heterocycles. The molecule has 200 valence electrons. The lowest BCUT2D eigenvalue weighted by Gasteiger charge is -2.40. The number of carbonyl (C=O) groups excluding carboxylic acids is 3. The van der Waals surface area contributed by atoms with E-state index >= 15 is 0 Å². The summed E-state index contributed by atoms with van der Waals surface area (Å²) in [6, 6.07) is -1.38. The van der Waals surface area contributed by atoms with Crippen LogP contribution in [0.4, 0.5) is 0 Å². The zero-order valence-corrected chi connectivity index (χ0v) is 22.9. The summed E-state index contributed by atoms with van der Waals surface area (Å²) in [6.07, 6.45) is 2.96. The molecule has 3 fully saturated rings. The van der Waals surface area contributed by atoms with Crippen molar-refractivity contribution in [2.45, 2.75) is 117 Å². The molecule has 3 rings (SSSR count). The number of nitrogens with one attached hydrogen (secondary N) is 2. The number of carbonyl (C=O) groups is 3. The third kappa shape index (κ3) is 5.38. The first-order valence-electron chi connectivity index (χ1n) is 13.4. The number of hydrogen-bond donors (Lipinski definition) is 3. The first-order chi connectivity index (χ1) is 16.2. The van der Waals surface area contributed by atoms with Crippen molar-refractivity contribution in [1.29, 1.82) is 0 Å². The lowest BCUT2D eigenvalue weighted by Crippen LogP contribution is -2.61. The fraction of sp³-hybridized carbons (Fsp3) is 0.889. The van der Waals surface area contributed by atoms with Crippen molar-refractivity contribution >= 4 is 17.7 Å². The van der Waals surface area contributed by atoms with Gasteiger partial charge in [0.2, 0.25) is 17.7 Å². The van der Waals surface area contributed by atoms with Gasteiger partial charge >= 0.3 is 0 Å². The molecule has 3 amide bonds. The Bertz CT molecular complexity index is 820. The topological polar surface area (TPSA) is 108 Å². The van der Waals surface area contributed by atoms with Gasteiger partial charge in [0, 0.05) is 12.1 Å². The molecule has 2 bridgehead atoms. The minimum absolute atomic E-state index is 0.00116. The number of aliphatic hydroxyl groups excluding tert-OH is 1. The number of ether oxygens (including phenoxy) is 1. The highest BCUT2D eigenvalue weighted by molar-refractivity contribution is 5.99. The fourth-order valence-corrected chi connectivity index (χ4v) is 7.04. The van der Waals surface area contributed by atoms with Crippen LogP contribution in [0, 0.1) is 23.2 Å². The quantitative estimate of drug-likeness (QED) is 0.434. The number of hydrogen-bond acceptors (Lipinski definition) is 5. The molecule has 3 N–H and O–H groups in total. The van der Waals surface area contributed by atoms with Gasteiger partial charge in [-0.05, 0) is 57.3 Å². The van der Waals surface area contributed by atoms with Crippen LogP contribution in [0.3, 0.4) is 0 Å². The molecule has 3 heterocycles. The molecule has 0 aromatic carbocycles. The zero-order chi connectivity index (χ0) is 26.3. The smallest absolute Gasteiger partial charge is 0.246 e. The lowest BCUT2D eigenvalue weighted by molar-refractivity contribution is -0.146. The molecule has 1 spiro atoms. The van der Waals surface area contributed by atoms with Crippen LogP contribution in [0.5, 0.6) is 0 Å². The molecule has 6 atom stereocenters. The molecule has 3 aliphatic heterocycles. The zero-order valence-electron chi connectivity index (χ0n) is 22.9. The Kier molecular flexibility index (Phi) is 7.98. The maximum atomic E-state index is 14.0. The van der Waals surface area contributed by atoms with Crippen molar-refractivity contribution in [3.05, 3.63) is 0 Å². The summed E-state index contributed by atoms with van der Waals surface area (Å²) >= 11 is 0. The third-order valence-corrected chi connectivity index (χ3v) is 7.62. The van der Waals surface area contributed by atoms with Crippen molar-refractivity contribution < 1.29 is 24.2 Å².